The molecule has 16 heavy (non-hydrogen) atoms. The van der Waals surface area contributed by atoms with E-state index in [0.29, 0.717) is 0 Å². The molecule has 1 atom stereocenters. The second kappa shape index (κ2) is 6.55. The van der Waals surface area contributed by atoms with Crippen LogP contribution in [0, 0.1) is 5.82 Å². The van der Waals surface area contributed by atoms with Crippen molar-refractivity contribution in [1.82, 2.24) is 15.2 Å². The summed E-state index contributed by atoms with van der Waals surface area (Å²) in [6, 6.07) is 1.65. The SMILES string of the molecule is CCN(C)CCNC(C)c1cncc(F)c1. The molecule has 1 aromatic rings. The topological polar surface area (TPSA) is 28.2 Å². The molecule has 0 saturated carbocycles. The van der Waals surface area contributed by atoms with Gasteiger partial charge in [-0.25, -0.2) is 4.39 Å². The standard InChI is InChI=1S/C12H20FN3/c1-4-16(3)6-5-15-10(2)11-7-12(13)9-14-8-11/h7-10,15H,4-6H2,1-3H3. The third kappa shape index (κ3) is 4.24. The number of likely N-dealkylation sites (N-methyl/N-ethyl adjacent to an activating group) is 1. The van der Waals surface area contributed by atoms with E-state index in [0.717, 1.165) is 25.2 Å². The molecule has 1 N–H and O–H groups in total. The van der Waals surface area contributed by atoms with E-state index < -0.39 is 0 Å². The van der Waals surface area contributed by atoms with Gasteiger partial charge in [0, 0.05) is 25.3 Å². The lowest BCUT2D eigenvalue weighted by atomic mass is 10.1. The maximum Gasteiger partial charge on any atom is 0.141 e. The van der Waals surface area contributed by atoms with Crippen LogP contribution in [-0.2, 0) is 0 Å². The minimum Gasteiger partial charge on any atom is -0.309 e. The Labute approximate surface area is 96.7 Å². The fraction of sp³-hybridized carbons (Fsp3) is 0.583. The highest BCUT2D eigenvalue weighted by molar-refractivity contribution is 5.14. The van der Waals surface area contributed by atoms with Gasteiger partial charge in [-0.15, -0.1) is 0 Å². The van der Waals surface area contributed by atoms with E-state index in [1.165, 1.54) is 12.3 Å². The van der Waals surface area contributed by atoms with Gasteiger partial charge < -0.3 is 10.2 Å². The van der Waals surface area contributed by atoms with Crippen molar-refractivity contribution in [1.29, 1.82) is 0 Å². The Balaban J connectivity index is 2.38. The van der Waals surface area contributed by atoms with Crippen molar-refractivity contribution in [2.24, 2.45) is 0 Å². The number of aromatic nitrogens is 1. The first kappa shape index (κ1) is 13.1. The van der Waals surface area contributed by atoms with Crippen LogP contribution in [0.2, 0.25) is 0 Å². The normalized spacial score (nSPS) is 13.1. The second-order valence-corrected chi connectivity index (χ2v) is 4.01. The van der Waals surface area contributed by atoms with Crippen LogP contribution in [0.1, 0.15) is 25.5 Å². The summed E-state index contributed by atoms with van der Waals surface area (Å²) in [6.07, 6.45) is 2.92. The lowest BCUT2D eigenvalue weighted by Crippen LogP contribution is -2.30. The summed E-state index contributed by atoms with van der Waals surface area (Å²) in [7, 11) is 2.08. The molecule has 1 rings (SSSR count). The summed E-state index contributed by atoms with van der Waals surface area (Å²) >= 11 is 0. The first-order valence-electron chi connectivity index (χ1n) is 5.66. The van der Waals surface area contributed by atoms with Crippen LogP contribution >= 0.6 is 0 Å². The van der Waals surface area contributed by atoms with Crippen molar-refractivity contribution in [3.8, 4) is 0 Å². The Hall–Kier alpha value is -1.00. The van der Waals surface area contributed by atoms with Crippen LogP contribution in [0.3, 0.4) is 0 Å². The third-order valence-corrected chi connectivity index (χ3v) is 2.71. The van der Waals surface area contributed by atoms with Crippen molar-refractivity contribution in [2.75, 3.05) is 26.7 Å². The summed E-state index contributed by atoms with van der Waals surface area (Å²) in [5.41, 5.74) is 0.888. The average Bonchev–Trinajstić information content (AvgIpc) is 2.28. The molecule has 0 aliphatic carbocycles. The zero-order valence-corrected chi connectivity index (χ0v) is 10.2. The van der Waals surface area contributed by atoms with Crippen molar-refractivity contribution in [3.05, 3.63) is 29.8 Å². The van der Waals surface area contributed by atoms with E-state index in [2.05, 4.69) is 29.2 Å². The van der Waals surface area contributed by atoms with Gasteiger partial charge in [0.05, 0.1) is 6.20 Å². The molecule has 1 unspecified atom stereocenters. The van der Waals surface area contributed by atoms with Crippen LogP contribution in [0.15, 0.2) is 18.5 Å². The van der Waals surface area contributed by atoms with E-state index in [9.17, 15) is 4.39 Å². The Bertz CT molecular complexity index is 317. The van der Waals surface area contributed by atoms with Gasteiger partial charge in [-0.1, -0.05) is 6.92 Å². The molecule has 0 aliphatic rings. The second-order valence-electron chi connectivity index (χ2n) is 4.01. The monoisotopic (exact) mass is 225 g/mol. The minimum atomic E-state index is -0.281. The Morgan fingerprint density at radius 1 is 1.50 bits per heavy atom. The molecule has 0 aromatic carbocycles. The van der Waals surface area contributed by atoms with E-state index in [1.54, 1.807) is 6.20 Å². The number of rotatable bonds is 6. The van der Waals surface area contributed by atoms with E-state index in [4.69, 9.17) is 0 Å². The first-order valence-corrected chi connectivity index (χ1v) is 5.66. The number of nitrogens with one attached hydrogen (secondary N) is 1. The quantitative estimate of drug-likeness (QED) is 0.800. The van der Waals surface area contributed by atoms with Gasteiger partial charge in [-0.2, -0.15) is 0 Å². The van der Waals surface area contributed by atoms with Crippen LogP contribution in [0.4, 0.5) is 4.39 Å². The summed E-state index contributed by atoms with van der Waals surface area (Å²) in [4.78, 5) is 6.06. The van der Waals surface area contributed by atoms with Gasteiger partial charge in [0.25, 0.3) is 0 Å². The maximum absolute atomic E-state index is 12.9. The number of hydrogen-bond donors (Lipinski definition) is 1. The van der Waals surface area contributed by atoms with Crippen molar-refractivity contribution >= 4 is 0 Å². The molecule has 1 aromatic heterocycles. The molecule has 1 heterocycles. The highest BCUT2D eigenvalue weighted by Gasteiger charge is 2.06. The lowest BCUT2D eigenvalue weighted by Gasteiger charge is -2.17. The largest absolute Gasteiger partial charge is 0.309 e. The molecule has 0 amide bonds. The molecule has 0 aliphatic heterocycles. The van der Waals surface area contributed by atoms with Gasteiger partial charge in [-0.05, 0) is 32.1 Å². The molecule has 0 spiro atoms. The fourth-order valence-corrected chi connectivity index (χ4v) is 1.41. The highest BCUT2D eigenvalue weighted by Crippen LogP contribution is 2.11. The molecular formula is C12H20FN3. The number of hydrogen-bond acceptors (Lipinski definition) is 3. The molecule has 4 heteroatoms. The number of nitrogens with zero attached hydrogens (tertiary/aromatic N) is 2. The molecule has 0 fully saturated rings. The Morgan fingerprint density at radius 2 is 2.25 bits per heavy atom. The Kier molecular flexibility index (Phi) is 5.35. The molecular weight excluding hydrogens is 205 g/mol. The van der Waals surface area contributed by atoms with E-state index in [1.807, 2.05) is 6.92 Å². The summed E-state index contributed by atoms with van der Waals surface area (Å²) in [5.74, 6) is -0.281. The summed E-state index contributed by atoms with van der Waals surface area (Å²) in [5, 5.41) is 3.34. The predicted octanol–water partition coefficient (Wildman–Crippen LogP) is 1.82. The van der Waals surface area contributed by atoms with Gasteiger partial charge >= 0.3 is 0 Å². The molecule has 0 saturated heterocycles. The Morgan fingerprint density at radius 3 is 2.88 bits per heavy atom. The minimum absolute atomic E-state index is 0.133. The van der Waals surface area contributed by atoms with Crippen molar-refractivity contribution in [3.63, 3.8) is 0 Å². The number of halogens is 1. The van der Waals surface area contributed by atoms with Gasteiger partial charge in [0.2, 0.25) is 0 Å². The predicted molar refractivity (Wildman–Crippen MR) is 63.8 cm³/mol. The maximum atomic E-state index is 12.9. The summed E-state index contributed by atoms with van der Waals surface area (Å²) < 4.78 is 12.9. The fourth-order valence-electron chi connectivity index (χ4n) is 1.41. The lowest BCUT2D eigenvalue weighted by molar-refractivity contribution is 0.342. The molecule has 0 radical (unpaired) electrons. The zero-order valence-electron chi connectivity index (χ0n) is 10.2. The average molecular weight is 225 g/mol. The molecule has 3 nitrogen and oxygen atoms in total. The highest BCUT2D eigenvalue weighted by atomic mass is 19.1. The van der Waals surface area contributed by atoms with Gasteiger partial charge in [0.15, 0.2) is 0 Å². The summed E-state index contributed by atoms with van der Waals surface area (Å²) in [6.45, 7) is 7.06. The van der Waals surface area contributed by atoms with Gasteiger partial charge in [0.1, 0.15) is 5.82 Å². The molecule has 0 bridgehead atoms. The first-order chi connectivity index (χ1) is 7.63. The molecule has 90 valence electrons. The van der Waals surface area contributed by atoms with Gasteiger partial charge in [-0.3, -0.25) is 4.98 Å². The van der Waals surface area contributed by atoms with Crippen LogP contribution in [-0.4, -0.2) is 36.6 Å². The third-order valence-electron chi connectivity index (χ3n) is 2.71. The number of pyridine rings is 1. The van der Waals surface area contributed by atoms with Crippen LogP contribution in [0.5, 0.6) is 0 Å². The van der Waals surface area contributed by atoms with Crippen LogP contribution < -0.4 is 5.32 Å². The smallest absolute Gasteiger partial charge is 0.141 e. The zero-order chi connectivity index (χ0) is 12.0. The van der Waals surface area contributed by atoms with Crippen molar-refractivity contribution < 1.29 is 4.39 Å². The van der Waals surface area contributed by atoms with Crippen molar-refractivity contribution in [2.45, 2.75) is 19.9 Å². The van der Waals surface area contributed by atoms with E-state index >= 15 is 0 Å². The van der Waals surface area contributed by atoms with Crippen LogP contribution in [0.25, 0.3) is 0 Å². The van der Waals surface area contributed by atoms with E-state index in [-0.39, 0.29) is 11.9 Å².